The molecule has 2 aromatic carbocycles. The van der Waals surface area contributed by atoms with E-state index in [2.05, 4.69) is 19.8 Å². The van der Waals surface area contributed by atoms with Gasteiger partial charge in [-0.1, -0.05) is 6.07 Å². The number of anilines is 1. The summed E-state index contributed by atoms with van der Waals surface area (Å²) in [7, 11) is 6.04. The molecule has 0 unspecified atom stereocenters. The highest BCUT2D eigenvalue weighted by Gasteiger charge is 2.25. The van der Waals surface area contributed by atoms with Crippen LogP contribution in [0.2, 0.25) is 0 Å². The molecule has 0 aliphatic carbocycles. The molecule has 1 aromatic heterocycles. The van der Waals surface area contributed by atoms with Gasteiger partial charge in [0.1, 0.15) is 5.52 Å². The number of oxazole rings is 1. The Balaban J connectivity index is 1.88. The summed E-state index contributed by atoms with van der Waals surface area (Å²) in [6.45, 7) is 1.64. The summed E-state index contributed by atoms with van der Waals surface area (Å²) in [5.74, 6) is -0.424. The van der Waals surface area contributed by atoms with Gasteiger partial charge in [0.2, 0.25) is 0 Å². The highest BCUT2D eigenvalue weighted by molar-refractivity contribution is 6.06. The first-order chi connectivity index (χ1) is 13.5. The number of carbonyl (C=O) groups is 1. The van der Waals surface area contributed by atoms with Crippen molar-refractivity contribution in [1.29, 1.82) is 0 Å². The Hall–Kier alpha value is -3.19. The average molecular weight is 377 g/mol. The van der Waals surface area contributed by atoms with Crippen molar-refractivity contribution in [1.82, 2.24) is 9.88 Å². The third-order valence-electron chi connectivity index (χ3n) is 5.08. The molecule has 0 saturated heterocycles. The number of aliphatic imine (C=N–C) groups is 1. The van der Waals surface area contributed by atoms with Gasteiger partial charge < -0.3 is 20.0 Å². The lowest BCUT2D eigenvalue weighted by Crippen LogP contribution is -2.30. The third kappa shape index (κ3) is 3.14. The van der Waals surface area contributed by atoms with Crippen LogP contribution < -0.4 is 10.6 Å². The third-order valence-corrected chi connectivity index (χ3v) is 5.08. The monoisotopic (exact) mass is 377 g/mol. The molecule has 0 atom stereocenters. The lowest BCUT2D eigenvalue weighted by molar-refractivity contribution is 0.1000. The molecule has 0 spiro atoms. The summed E-state index contributed by atoms with van der Waals surface area (Å²) in [4.78, 5) is 25.3. The van der Waals surface area contributed by atoms with Gasteiger partial charge in [-0.3, -0.25) is 9.79 Å². The molecule has 2 N–H and O–H groups in total. The zero-order valence-electron chi connectivity index (χ0n) is 16.3. The molecule has 4 rings (SSSR count). The van der Waals surface area contributed by atoms with Gasteiger partial charge in [-0.2, -0.15) is 0 Å². The topological polar surface area (TPSA) is 88.0 Å². The SMILES string of the molecule is CN(C)CCN(C)c1cc(-c2ccc3ocnc3c2)c2c(c1C(N)=O)CC=N2. The van der Waals surface area contributed by atoms with E-state index in [1.165, 1.54) is 6.39 Å². The molecular formula is C21H23N5O2. The number of carbonyl (C=O) groups excluding carboxylic acids is 1. The van der Waals surface area contributed by atoms with Gasteiger partial charge in [0.25, 0.3) is 5.91 Å². The fourth-order valence-corrected chi connectivity index (χ4v) is 3.58. The lowest BCUT2D eigenvalue weighted by Gasteiger charge is -2.26. The number of primary amides is 1. The van der Waals surface area contributed by atoms with Crippen LogP contribution in [0.3, 0.4) is 0 Å². The summed E-state index contributed by atoms with van der Waals surface area (Å²) < 4.78 is 5.35. The van der Waals surface area contributed by atoms with E-state index in [-0.39, 0.29) is 0 Å². The van der Waals surface area contributed by atoms with Crippen molar-refractivity contribution in [3.8, 4) is 11.1 Å². The number of hydrogen-bond donors (Lipinski definition) is 1. The minimum Gasteiger partial charge on any atom is -0.443 e. The van der Waals surface area contributed by atoms with Gasteiger partial charge in [-0.05, 0) is 43.4 Å². The number of fused-ring (bicyclic) bond motifs is 2. The van der Waals surface area contributed by atoms with Gasteiger partial charge in [0.05, 0.1) is 16.9 Å². The molecule has 0 bridgehead atoms. The summed E-state index contributed by atoms with van der Waals surface area (Å²) in [6, 6.07) is 7.89. The normalized spacial score (nSPS) is 12.7. The van der Waals surface area contributed by atoms with E-state index in [1.54, 1.807) is 0 Å². The van der Waals surface area contributed by atoms with Gasteiger partial charge in [0, 0.05) is 38.3 Å². The Bertz CT molecular complexity index is 1080. The van der Waals surface area contributed by atoms with Crippen LogP contribution in [-0.4, -0.2) is 56.2 Å². The van der Waals surface area contributed by atoms with Crippen molar-refractivity contribution in [3.05, 3.63) is 41.8 Å². The smallest absolute Gasteiger partial charge is 0.251 e. The molecule has 1 aliphatic heterocycles. The van der Waals surface area contributed by atoms with Crippen molar-refractivity contribution in [3.63, 3.8) is 0 Å². The largest absolute Gasteiger partial charge is 0.443 e. The Kier molecular flexibility index (Phi) is 4.60. The first-order valence-corrected chi connectivity index (χ1v) is 9.17. The fourth-order valence-electron chi connectivity index (χ4n) is 3.58. The van der Waals surface area contributed by atoms with Crippen molar-refractivity contribution in [2.75, 3.05) is 39.1 Å². The molecule has 7 heteroatoms. The standard InChI is InChI=1S/C21H23N5O2/c1-25(2)8-9-26(3)17-11-15(13-4-5-18-16(10-13)24-12-28-18)20-14(6-7-23-20)19(17)21(22)27/h4-5,7,10-12H,6,8-9H2,1-3H3,(H2,22,27). The second-order valence-electron chi connectivity index (χ2n) is 7.29. The fraction of sp³-hybridized carbons (Fsp3) is 0.286. The molecular weight excluding hydrogens is 354 g/mol. The number of hydrogen-bond acceptors (Lipinski definition) is 6. The Morgan fingerprint density at radius 3 is 2.79 bits per heavy atom. The number of nitrogens with zero attached hydrogens (tertiary/aromatic N) is 4. The molecule has 28 heavy (non-hydrogen) atoms. The number of amides is 1. The molecule has 144 valence electrons. The average Bonchev–Trinajstić information content (AvgIpc) is 3.32. The maximum absolute atomic E-state index is 12.3. The van der Waals surface area contributed by atoms with Gasteiger partial charge >= 0.3 is 0 Å². The minimum absolute atomic E-state index is 0.424. The Morgan fingerprint density at radius 2 is 2.04 bits per heavy atom. The number of rotatable bonds is 6. The van der Waals surface area contributed by atoms with E-state index in [0.29, 0.717) is 12.0 Å². The number of nitrogens with two attached hydrogens (primary N) is 1. The van der Waals surface area contributed by atoms with Crippen molar-refractivity contribution >= 4 is 34.6 Å². The molecule has 2 heterocycles. The van der Waals surface area contributed by atoms with E-state index in [1.807, 2.05) is 51.6 Å². The molecule has 3 aromatic rings. The molecule has 0 saturated carbocycles. The van der Waals surface area contributed by atoms with E-state index >= 15 is 0 Å². The number of aromatic nitrogens is 1. The first kappa shape index (κ1) is 18.2. The van der Waals surface area contributed by atoms with Crippen LogP contribution in [0, 0.1) is 0 Å². The predicted molar refractivity (Wildman–Crippen MR) is 112 cm³/mol. The van der Waals surface area contributed by atoms with Crippen LogP contribution in [0.1, 0.15) is 15.9 Å². The maximum Gasteiger partial charge on any atom is 0.251 e. The quantitative estimate of drug-likeness (QED) is 0.714. The summed E-state index contributed by atoms with van der Waals surface area (Å²) >= 11 is 0. The number of likely N-dealkylation sites (N-methyl/N-ethyl adjacent to an activating group) is 2. The van der Waals surface area contributed by atoms with Gasteiger partial charge in [-0.15, -0.1) is 0 Å². The lowest BCUT2D eigenvalue weighted by atomic mass is 9.93. The molecule has 1 amide bonds. The number of benzene rings is 2. The van der Waals surface area contributed by atoms with Crippen LogP contribution >= 0.6 is 0 Å². The Morgan fingerprint density at radius 1 is 1.21 bits per heavy atom. The second-order valence-corrected chi connectivity index (χ2v) is 7.29. The van der Waals surface area contributed by atoms with Gasteiger partial charge in [0.15, 0.2) is 12.0 Å². The second kappa shape index (κ2) is 7.09. The predicted octanol–water partition coefficient (Wildman–Crippen LogP) is 2.85. The van der Waals surface area contributed by atoms with E-state index in [0.717, 1.165) is 52.3 Å². The van der Waals surface area contributed by atoms with Crippen molar-refractivity contribution in [2.45, 2.75) is 6.42 Å². The zero-order chi connectivity index (χ0) is 19.8. The van der Waals surface area contributed by atoms with Gasteiger partial charge in [-0.25, -0.2) is 4.98 Å². The zero-order valence-corrected chi connectivity index (χ0v) is 16.3. The maximum atomic E-state index is 12.3. The van der Waals surface area contributed by atoms with Crippen molar-refractivity contribution < 1.29 is 9.21 Å². The van der Waals surface area contributed by atoms with Crippen molar-refractivity contribution in [2.24, 2.45) is 10.7 Å². The molecule has 1 aliphatic rings. The first-order valence-electron chi connectivity index (χ1n) is 9.17. The minimum atomic E-state index is -0.424. The highest BCUT2D eigenvalue weighted by Crippen LogP contribution is 2.43. The van der Waals surface area contributed by atoms with E-state index in [4.69, 9.17) is 10.2 Å². The van der Waals surface area contributed by atoms with Crippen LogP contribution in [0.25, 0.3) is 22.2 Å². The van der Waals surface area contributed by atoms with Crippen LogP contribution in [0.15, 0.2) is 40.1 Å². The summed E-state index contributed by atoms with van der Waals surface area (Å²) in [5, 5.41) is 0. The molecule has 0 radical (unpaired) electrons. The van der Waals surface area contributed by atoms with Crippen LogP contribution in [0.5, 0.6) is 0 Å². The highest BCUT2D eigenvalue weighted by atomic mass is 16.3. The van der Waals surface area contributed by atoms with Crippen LogP contribution in [-0.2, 0) is 6.42 Å². The van der Waals surface area contributed by atoms with E-state index < -0.39 is 5.91 Å². The molecule has 7 nitrogen and oxygen atoms in total. The van der Waals surface area contributed by atoms with Crippen LogP contribution in [0.4, 0.5) is 11.4 Å². The molecule has 0 fully saturated rings. The summed E-state index contributed by atoms with van der Waals surface area (Å²) in [6.07, 6.45) is 3.87. The summed E-state index contributed by atoms with van der Waals surface area (Å²) in [5.41, 5.74) is 12.3. The van der Waals surface area contributed by atoms with E-state index in [9.17, 15) is 4.79 Å². The Labute approximate surface area is 163 Å².